The smallest absolute Gasteiger partial charge is 0.191 e. The van der Waals surface area contributed by atoms with Crippen LogP contribution >= 0.6 is 24.0 Å². The number of halogens is 1. The fourth-order valence-corrected chi connectivity index (χ4v) is 2.72. The normalized spacial score (nSPS) is 25.0. The lowest BCUT2D eigenvalue weighted by Gasteiger charge is -2.27. The summed E-state index contributed by atoms with van der Waals surface area (Å²) in [7, 11) is -0.792. The Morgan fingerprint density at radius 1 is 1.47 bits per heavy atom. The van der Waals surface area contributed by atoms with Crippen molar-refractivity contribution in [2.24, 2.45) is 10.7 Å². The van der Waals surface area contributed by atoms with Gasteiger partial charge in [-0.1, -0.05) is 0 Å². The van der Waals surface area contributed by atoms with Gasteiger partial charge >= 0.3 is 0 Å². The first kappa shape index (κ1) is 15.2. The SMILES string of the molecule is CS(=O)C1(CN=C(N)N2CCOCC2)CC1.I. The quantitative estimate of drug-likeness (QED) is 0.435. The molecule has 0 aromatic carbocycles. The van der Waals surface area contributed by atoms with Gasteiger partial charge in [0.25, 0.3) is 0 Å². The average molecular weight is 373 g/mol. The van der Waals surface area contributed by atoms with E-state index < -0.39 is 10.8 Å². The minimum Gasteiger partial charge on any atom is -0.378 e. The van der Waals surface area contributed by atoms with E-state index in [9.17, 15) is 4.21 Å². The molecule has 0 spiro atoms. The maximum atomic E-state index is 11.5. The number of rotatable bonds is 3. The van der Waals surface area contributed by atoms with Crippen LogP contribution in [0.1, 0.15) is 12.8 Å². The van der Waals surface area contributed by atoms with Gasteiger partial charge in [0.1, 0.15) is 0 Å². The van der Waals surface area contributed by atoms with E-state index >= 15 is 0 Å². The molecular weight excluding hydrogens is 353 g/mol. The van der Waals surface area contributed by atoms with Crippen molar-refractivity contribution in [3.8, 4) is 0 Å². The highest BCUT2D eigenvalue weighted by Crippen LogP contribution is 2.41. The number of nitrogens with zero attached hydrogens (tertiary/aromatic N) is 2. The van der Waals surface area contributed by atoms with Gasteiger partial charge in [0.15, 0.2) is 5.96 Å². The second-order valence-corrected chi connectivity index (χ2v) is 6.19. The number of guanidine groups is 1. The number of ether oxygens (including phenoxy) is 1. The third-order valence-electron chi connectivity index (χ3n) is 3.28. The van der Waals surface area contributed by atoms with Crippen molar-refractivity contribution in [1.29, 1.82) is 0 Å². The summed E-state index contributed by atoms with van der Waals surface area (Å²) < 4.78 is 16.7. The summed E-state index contributed by atoms with van der Waals surface area (Å²) in [5, 5.41) is 0. The van der Waals surface area contributed by atoms with Crippen molar-refractivity contribution in [2.75, 3.05) is 39.1 Å². The zero-order valence-corrected chi connectivity index (χ0v) is 13.2. The molecule has 1 saturated carbocycles. The first-order valence-corrected chi connectivity index (χ1v) is 7.16. The van der Waals surface area contributed by atoms with Gasteiger partial charge in [0.2, 0.25) is 0 Å². The summed E-state index contributed by atoms with van der Waals surface area (Å²) in [6.45, 7) is 3.62. The molecule has 1 atom stereocenters. The van der Waals surface area contributed by atoms with Crippen LogP contribution in [0, 0.1) is 0 Å². The van der Waals surface area contributed by atoms with Gasteiger partial charge in [0, 0.05) is 30.1 Å². The summed E-state index contributed by atoms with van der Waals surface area (Å²) in [4.78, 5) is 6.40. The maximum absolute atomic E-state index is 11.5. The van der Waals surface area contributed by atoms with Gasteiger partial charge < -0.3 is 15.4 Å². The fraction of sp³-hybridized carbons (Fsp3) is 0.900. The lowest BCUT2D eigenvalue weighted by molar-refractivity contribution is 0.0674. The first-order valence-electron chi connectivity index (χ1n) is 5.60. The van der Waals surface area contributed by atoms with Crippen molar-refractivity contribution < 1.29 is 8.95 Å². The molecule has 0 aromatic heterocycles. The van der Waals surface area contributed by atoms with E-state index in [1.807, 2.05) is 4.90 Å². The van der Waals surface area contributed by atoms with E-state index in [-0.39, 0.29) is 28.7 Å². The van der Waals surface area contributed by atoms with Crippen molar-refractivity contribution in [1.82, 2.24) is 4.90 Å². The summed E-state index contributed by atoms with van der Waals surface area (Å²) in [5.41, 5.74) is 5.90. The molecule has 2 N–H and O–H groups in total. The van der Waals surface area contributed by atoms with Crippen LogP contribution in [0.3, 0.4) is 0 Å². The maximum Gasteiger partial charge on any atom is 0.191 e. The van der Waals surface area contributed by atoms with Crippen molar-refractivity contribution in [3.63, 3.8) is 0 Å². The Hall–Kier alpha value is 0.110. The number of morpholine rings is 1. The molecular formula is C10H20IN3O2S. The van der Waals surface area contributed by atoms with Gasteiger partial charge in [0.05, 0.1) is 24.5 Å². The molecule has 1 aliphatic carbocycles. The van der Waals surface area contributed by atoms with E-state index in [0.29, 0.717) is 25.7 Å². The van der Waals surface area contributed by atoms with Gasteiger partial charge in [-0.2, -0.15) is 0 Å². The Balaban J connectivity index is 0.00000144. The Labute approximate surface area is 122 Å². The lowest BCUT2D eigenvalue weighted by Crippen LogP contribution is -2.45. The summed E-state index contributed by atoms with van der Waals surface area (Å²) in [5.74, 6) is 0.569. The molecule has 2 fully saturated rings. The molecule has 100 valence electrons. The molecule has 1 aliphatic heterocycles. The van der Waals surface area contributed by atoms with Crippen LogP contribution in [0.4, 0.5) is 0 Å². The second-order valence-electron chi connectivity index (χ2n) is 4.41. The third kappa shape index (κ3) is 3.78. The molecule has 1 heterocycles. The predicted molar refractivity (Wildman–Crippen MR) is 80.3 cm³/mol. The van der Waals surface area contributed by atoms with Crippen LogP contribution in [-0.2, 0) is 15.5 Å². The van der Waals surface area contributed by atoms with Crippen molar-refractivity contribution in [3.05, 3.63) is 0 Å². The number of hydrogen-bond acceptors (Lipinski definition) is 3. The Morgan fingerprint density at radius 2 is 2.06 bits per heavy atom. The fourth-order valence-electron chi connectivity index (χ4n) is 1.79. The molecule has 1 saturated heterocycles. The minimum absolute atomic E-state index is 0. The molecule has 2 aliphatic rings. The van der Waals surface area contributed by atoms with E-state index in [1.165, 1.54) is 0 Å². The number of hydrogen-bond donors (Lipinski definition) is 1. The number of aliphatic imine (C=N–C) groups is 1. The summed E-state index contributed by atoms with van der Waals surface area (Å²) in [6, 6.07) is 0. The predicted octanol–water partition coefficient (Wildman–Crippen LogP) is 0.162. The zero-order chi connectivity index (χ0) is 11.6. The molecule has 0 aromatic rings. The zero-order valence-electron chi connectivity index (χ0n) is 10.1. The molecule has 0 bridgehead atoms. The highest BCUT2D eigenvalue weighted by molar-refractivity contribution is 14.0. The molecule has 0 amide bonds. The van der Waals surface area contributed by atoms with E-state index in [4.69, 9.17) is 10.5 Å². The molecule has 7 heteroatoms. The van der Waals surface area contributed by atoms with Crippen molar-refractivity contribution >= 4 is 40.7 Å². The minimum atomic E-state index is -0.792. The molecule has 17 heavy (non-hydrogen) atoms. The van der Waals surface area contributed by atoms with Gasteiger partial charge in [-0.15, -0.1) is 24.0 Å². The first-order chi connectivity index (χ1) is 7.64. The monoisotopic (exact) mass is 373 g/mol. The van der Waals surface area contributed by atoms with Crippen molar-refractivity contribution in [2.45, 2.75) is 17.6 Å². The van der Waals surface area contributed by atoms with Crippen LogP contribution in [0.15, 0.2) is 4.99 Å². The second kappa shape index (κ2) is 6.33. The van der Waals surface area contributed by atoms with E-state index in [1.54, 1.807) is 6.26 Å². The third-order valence-corrected chi connectivity index (χ3v) is 5.04. The summed E-state index contributed by atoms with van der Waals surface area (Å²) >= 11 is 0. The molecule has 5 nitrogen and oxygen atoms in total. The Kier molecular flexibility index (Phi) is 5.65. The highest BCUT2D eigenvalue weighted by Gasteiger charge is 2.46. The Morgan fingerprint density at radius 3 is 2.53 bits per heavy atom. The topological polar surface area (TPSA) is 67.9 Å². The number of nitrogens with two attached hydrogens (primary N) is 1. The van der Waals surface area contributed by atoms with Gasteiger partial charge in [-0.05, 0) is 12.8 Å². The lowest BCUT2D eigenvalue weighted by atomic mass is 10.4. The van der Waals surface area contributed by atoms with Gasteiger partial charge in [-0.3, -0.25) is 9.20 Å². The van der Waals surface area contributed by atoms with Crippen LogP contribution in [0.25, 0.3) is 0 Å². The molecule has 0 radical (unpaired) electrons. The average Bonchev–Trinajstić information content (AvgIpc) is 3.08. The van der Waals surface area contributed by atoms with Gasteiger partial charge in [-0.25, -0.2) is 0 Å². The van der Waals surface area contributed by atoms with Crippen LogP contribution < -0.4 is 5.73 Å². The van der Waals surface area contributed by atoms with Crippen LogP contribution in [-0.4, -0.2) is 58.9 Å². The summed E-state index contributed by atoms with van der Waals surface area (Å²) in [6.07, 6.45) is 3.78. The van der Waals surface area contributed by atoms with Crippen LogP contribution in [0.5, 0.6) is 0 Å². The molecule has 1 unspecified atom stereocenters. The van der Waals surface area contributed by atoms with Crippen LogP contribution in [0.2, 0.25) is 0 Å². The standard InChI is InChI=1S/C10H19N3O2S.HI/c1-16(14)10(2-3-10)8-12-9(11)13-4-6-15-7-5-13;/h2-8H2,1H3,(H2,11,12);1H. The van der Waals surface area contributed by atoms with E-state index in [0.717, 1.165) is 25.9 Å². The van der Waals surface area contributed by atoms with E-state index in [2.05, 4.69) is 4.99 Å². The largest absolute Gasteiger partial charge is 0.378 e. The molecule has 2 rings (SSSR count). The highest BCUT2D eigenvalue weighted by atomic mass is 127. The Bertz CT molecular complexity index is 315.